The Labute approximate surface area is 121 Å². The van der Waals surface area contributed by atoms with Crippen LogP contribution in [0, 0.1) is 17.0 Å². The Kier molecular flexibility index (Phi) is 3.43. The lowest BCUT2D eigenvalue weighted by atomic mass is 10.0. The first-order valence-corrected chi connectivity index (χ1v) is 6.74. The number of ether oxygens (including phenoxy) is 1. The molecule has 3 rings (SSSR count). The summed E-state index contributed by atoms with van der Waals surface area (Å²) in [5.74, 6) is 1.11. The van der Waals surface area contributed by atoms with Crippen molar-refractivity contribution in [1.82, 2.24) is 4.98 Å². The molecule has 108 valence electrons. The zero-order chi connectivity index (χ0) is 14.8. The van der Waals surface area contributed by atoms with Crippen molar-refractivity contribution in [2.45, 2.75) is 19.4 Å². The maximum atomic E-state index is 11.2. The molecule has 1 aromatic heterocycles. The molecule has 0 spiro atoms. The van der Waals surface area contributed by atoms with Gasteiger partial charge in [0.25, 0.3) is 0 Å². The minimum atomic E-state index is -0.409. The van der Waals surface area contributed by atoms with Crippen LogP contribution in [0.25, 0.3) is 0 Å². The van der Waals surface area contributed by atoms with Crippen LogP contribution >= 0.6 is 0 Å². The monoisotopic (exact) mass is 285 g/mol. The van der Waals surface area contributed by atoms with Crippen molar-refractivity contribution in [2.24, 2.45) is 0 Å². The third-order valence-corrected chi connectivity index (χ3v) is 3.47. The maximum Gasteiger partial charge on any atom is 0.311 e. The summed E-state index contributed by atoms with van der Waals surface area (Å²) in [6.45, 7) is 2.36. The summed E-state index contributed by atoms with van der Waals surface area (Å²) in [6.07, 6.45) is 2.37. The van der Waals surface area contributed by atoms with Crippen LogP contribution in [-0.2, 0) is 0 Å². The highest BCUT2D eigenvalue weighted by Crippen LogP contribution is 2.35. The molecule has 1 aliphatic rings. The average Bonchev–Trinajstić information content (AvgIpc) is 2.49. The number of hydrogen-bond donors (Lipinski definition) is 1. The second-order valence-electron chi connectivity index (χ2n) is 5.01. The van der Waals surface area contributed by atoms with Crippen LogP contribution in [0.5, 0.6) is 5.75 Å². The summed E-state index contributed by atoms with van der Waals surface area (Å²) in [7, 11) is 0. The Balaban J connectivity index is 1.93. The quantitative estimate of drug-likeness (QED) is 0.692. The Bertz CT molecular complexity index is 688. The fraction of sp³-hybridized carbons (Fsp3) is 0.267. The number of anilines is 1. The lowest BCUT2D eigenvalue weighted by Gasteiger charge is -2.26. The van der Waals surface area contributed by atoms with Gasteiger partial charge in [-0.15, -0.1) is 0 Å². The predicted octanol–water partition coefficient (Wildman–Crippen LogP) is 3.23. The molecule has 1 aliphatic heterocycles. The van der Waals surface area contributed by atoms with E-state index in [1.165, 1.54) is 6.07 Å². The number of nitrogens with one attached hydrogen (secondary N) is 1. The van der Waals surface area contributed by atoms with Gasteiger partial charge in [-0.25, -0.2) is 4.98 Å². The van der Waals surface area contributed by atoms with Gasteiger partial charge in [0.2, 0.25) is 5.82 Å². The van der Waals surface area contributed by atoms with Crippen molar-refractivity contribution in [1.29, 1.82) is 0 Å². The molecule has 0 aliphatic carbocycles. The number of para-hydroxylation sites is 1. The average molecular weight is 285 g/mol. The fourth-order valence-corrected chi connectivity index (χ4v) is 2.46. The van der Waals surface area contributed by atoms with Gasteiger partial charge in [-0.3, -0.25) is 10.1 Å². The summed E-state index contributed by atoms with van der Waals surface area (Å²) in [4.78, 5) is 14.9. The molecule has 2 heterocycles. The van der Waals surface area contributed by atoms with Crippen LogP contribution in [0.3, 0.4) is 0 Å². The van der Waals surface area contributed by atoms with E-state index in [2.05, 4.69) is 10.3 Å². The predicted molar refractivity (Wildman–Crippen MR) is 78.5 cm³/mol. The van der Waals surface area contributed by atoms with Gasteiger partial charge in [0.05, 0.1) is 17.6 Å². The van der Waals surface area contributed by atoms with E-state index >= 15 is 0 Å². The molecule has 1 atom stereocenters. The first kappa shape index (κ1) is 13.4. The molecular formula is C15H15N3O3. The molecule has 0 fully saturated rings. The van der Waals surface area contributed by atoms with Crippen LogP contribution in [0.2, 0.25) is 0 Å². The van der Waals surface area contributed by atoms with Gasteiger partial charge in [-0.05, 0) is 18.6 Å². The molecule has 0 bridgehead atoms. The van der Waals surface area contributed by atoms with E-state index in [0.717, 1.165) is 23.3 Å². The summed E-state index contributed by atoms with van der Waals surface area (Å²) < 4.78 is 5.59. The molecule has 0 saturated heterocycles. The molecule has 1 aromatic carbocycles. The van der Waals surface area contributed by atoms with Gasteiger partial charge in [0.15, 0.2) is 0 Å². The van der Waals surface area contributed by atoms with E-state index in [-0.39, 0.29) is 11.7 Å². The SMILES string of the molecule is Cc1cnc(NC2CCOc3ccccc32)c([N+](=O)[O-])c1. The molecule has 0 radical (unpaired) electrons. The summed E-state index contributed by atoms with van der Waals surface area (Å²) in [5.41, 5.74) is 1.76. The third kappa shape index (κ3) is 2.65. The smallest absolute Gasteiger partial charge is 0.311 e. The number of nitrogens with zero attached hydrogens (tertiary/aromatic N) is 2. The van der Waals surface area contributed by atoms with Crippen molar-refractivity contribution in [3.8, 4) is 5.75 Å². The minimum Gasteiger partial charge on any atom is -0.493 e. The molecule has 6 heteroatoms. The van der Waals surface area contributed by atoms with Gasteiger partial charge < -0.3 is 10.1 Å². The first-order valence-electron chi connectivity index (χ1n) is 6.74. The van der Waals surface area contributed by atoms with E-state index in [1.54, 1.807) is 13.1 Å². The van der Waals surface area contributed by atoms with Crippen molar-refractivity contribution < 1.29 is 9.66 Å². The van der Waals surface area contributed by atoms with E-state index in [4.69, 9.17) is 4.74 Å². The van der Waals surface area contributed by atoms with Gasteiger partial charge in [0, 0.05) is 24.2 Å². The second-order valence-corrected chi connectivity index (χ2v) is 5.01. The highest BCUT2D eigenvalue weighted by molar-refractivity contribution is 5.58. The zero-order valence-corrected chi connectivity index (χ0v) is 11.6. The van der Waals surface area contributed by atoms with E-state index in [0.29, 0.717) is 12.4 Å². The summed E-state index contributed by atoms with van der Waals surface area (Å²) >= 11 is 0. The number of pyridine rings is 1. The third-order valence-electron chi connectivity index (χ3n) is 3.47. The number of benzene rings is 1. The molecule has 2 aromatic rings. The first-order chi connectivity index (χ1) is 10.1. The molecule has 1 unspecified atom stereocenters. The number of hydrogen-bond acceptors (Lipinski definition) is 5. The molecule has 0 amide bonds. The Morgan fingerprint density at radius 2 is 2.24 bits per heavy atom. The Hall–Kier alpha value is -2.63. The number of aryl methyl sites for hydroxylation is 1. The van der Waals surface area contributed by atoms with E-state index in [9.17, 15) is 10.1 Å². The van der Waals surface area contributed by atoms with Crippen LogP contribution in [0.15, 0.2) is 36.5 Å². The second kappa shape index (κ2) is 5.40. The lowest BCUT2D eigenvalue weighted by Crippen LogP contribution is -2.21. The van der Waals surface area contributed by atoms with Crippen molar-refractivity contribution >= 4 is 11.5 Å². The number of aromatic nitrogens is 1. The van der Waals surface area contributed by atoms with Crippen LogP contribution in [0.1, 0.15) is 23.6 Å². The van der Waals surface area contributed by atoms with Gasteiger partial charge in [0.1, 0.15) is 5.75 Å². The number of rotatable bonds is 3. The largest absolute Gasteiger partial charge is 0.493 e. The molecular weight excluding hydrogens is 270 g/mol. The van der Waals surface area contributed by atoms with Crippen LogP contribution < -0.4 is 10.1 Å². The molecule has 6 nitrogen and oxygen atoms in total. The fourth-order valence-electron chi connectivity index (χ4n) is 2.46. The van der Waals surface area contributed by atoms with Crippen molar-refractivity contribution in [3.63, 3.8) is 0 Å². The lowest BCUT2D eigenvalue weighted by molar-refractivity contribution is -0.384. The number of fused-ring (bicyclic) bond motifs is 1. The summed E-state index contributed by atoms with van der Waals surface area (Å²) in [6, 6.07) is 9.20. The van der Waals surface area contributed by atoms with Gasteiger partial charge in [-0.2, -0.15) is 0 Å². The normalized spacial score (nSPS) is 16.7. The molecule has 0 saturated carbocycles. The highest BCUT2D eigenvalue weighted by atomic mass is 16.6. The van der Waals surface area contributed by atoms with E-state index < -0.39 is 4.92 Å². The standard InChI is InChI=1S/C15H15N3O3/c1-10-8-13(18(19)20)15(16-9-10)17-12-6-7-21-14-5-3-2-4-11(12)14/h2-5,8-9,12H,6-7H2,1H3,(H,16,17). The number of nitro groups is 1. The van der Waals surface area contributed by atoms with E-state index in [1.807, 2.05) is 24.3 Å². The Morgan fingerprint density at radius 1 is 1.43 bits per heavy atom. The highest BCUT2D eigenvalue weighted by Gasteiger charge is 2.24. The molecule has 1 N–H and O–H groups in total. The minimum absolute atomic E-state index is 0.000951. The van der Waals surface area contributed by atoms with Crippen LogP contribution in [-0.4, -0.2) is 16.5 Å². The van der Waals surface area contributed by atoms with Gasteiger partial charge in [-0.1, -0.05) is 18.2 Å². The van der Waals surface area contributed by atoms with Crippen LogP contribution in [0.4, 0.5) is 11.5 Å². The van der Waals surface area contributed by atoms with Gasteiger partial charge >= 0.3 is 5.69 Å². The summed E-state index contributed by atoms with van der Waals surface area (Å²) in [5, 5.41) is 14.3. The van der Waals surface area contributed by atoms with Crippen molar-refractivity contribution in [2.75, 3.05) is 11.9 Å². The van der Waals surface area contributed by atoms with Crippen molar-refractivity contribution in [3.05, 3.63) is 57.8 Å². The molecule has 21 heavy (non-hydrogen) atoms. The topological polar surface area (TPSA) is 77.3 Å². The Morgan fingerprint density at radius 3 is 3.05 bits per heavy atom. The zero-order valence-electron chi connectivity index (χ0n) is 11.6. The maximum absolute atomic E-state index is 11.2.